The van der Waals surface area contributed by atoms with Crippen molar-refractivity contribution in [3.8, 4) is 0 Å². The Morgan fingerprint density at radius 2 is 1.88 bits per heavy atom. The number of carbonyl (C=O) groups excluding carboxylic acids is 1. The number of nitrogens with two attached hydrogens (primary N) is 1. The molecular formula is C11H26N2O2Si. The van der Waals surface area contributed by atoms with E-state index in [9.17, 15) is 4.79 Å². The number of carbonyl (C=O) groups is 1. The van der Waals surface area contributed by atoms with Crippen LogP contribution in [0.1, 0.15) is 20.8 Å². The molecule has 0 saturated heterocycles. The van der Waals surface area contributed by atoms with Crippen LogP contribution < -0.4 is 5.73 Å². The SMILES string of the molecule is CN(CCO[Si](C)(C)C(C)(C)C)C(=O)CN. The van der Waals surface area contributed by atoms with Crippen molar-refractivity contribution in [2.45, 2.75) is 38.9 Å². The zero-order valence-corrected chi connectivity index (χ0v) is 12.5. The van der Waals surface area contributed by atoms with Gasteiger partial charge in [-0.15, -0.1) is 0 Å². The predicted molar refractivity (Wildman–Crippen MR) is 69.8 cm³/mol. The maximum absolute atomic E-state index is 11.2. The van der Waals surface area contributed by atoms with E-state index in [4.69, 9.17) is 10.2 Å². The van der Waals surface area contributed by atoms with E-state index in [0.717, 1.165) is 0 Å². The molecule has 0 radical (unpaired) electrons. The second-order valence-electron chi connectivity index (χ2n) is 5.63. The summed E-state index contributed by atoms with van der Waals surface area (Å²) in [7, 11) is 0.0682. The normalized spacial score (nSPS) is 12.7. The molecule has 0 atom stereocenters. The van der Waals surface area contributed by atoms with Crippen LogP contribution in [0.2, 0.25) is 18.1 Å². The van der Waals surface area contributed by atoms with E-state index in [-0.39, 0.29) is 17.5 Å². The quantitative estimate of drug-likeness (QED) is 0.747. The highest BCUT2D eigenvalue weighted by Crippen LogP contribution is 2.36. The third-order valence-electron chi connectivity index (χ3n) is 3.30. The third kappa shape index (κ3) is 4.63. The zero-order chi connectivity index (χ0) is 13.0. The monoisotopic (exact) mass is 246 g/mol. The molecule has 0 aliphatic heterocycles. The molecule has 1 amide bonds. The first-order valence-corrected chi connectivity index (χ1v) is 8.60. The Balaban J connectivity index is 4.04. The van der Waals surface area contributed by atoms with Gasteiger partial charge in [-0.25, -0.2) is 0 Å². The summed E-state index contributed by atoms with van der Waals surface area (Å²) < 4.78 is 5.96. The highest BCUT2D eigenvalue weighted by molar-refractivity contribution is 6.74. The van der Waals surface area contributed by atoms with E-state index >= 15 is 0 Å². The van der Waals surface area contributed by atoms with Crippen molar-refractivity contribution in [1.29, 1.82) is 0 Å². The molecule has 0 aliphatic rings. The van der Waals surface area contributed by atoms with Crippen molar-refractivity contribution in [1.82, 2.24) is 4.90 Å². The second-order valence-corrected chi connectivity index (χ2v) is 10.4. The van der Waals surface area contributed by atoms with E-state index in [0.29, 0.717) is 13.2 Å². The number of likely N-dealkylation sites (N-methyl/N-ethyl adjacent to an activating group) is 1. The van der Waals surface area contributed by atoms with Crippen LogP contribution in [0.5, 0.6) is 0 Å². The molecule has 4 nitrogen and oxygen atoms in total. The van der Waals surface area contributed by atoms with E-state index < -0.39 is 8.32 Å². The van der Waals surface area contributed by atoms with Crippen LogP contribution >= 0.6 is 0 Å². The maximum atomic E-state index is 11.2. The van der Waals surface area contributed by atoms with Crippen molar-refractivity contribution in [3.05, 3.63) is 0 Å². The van der Waals surface area contributed by atoms with Crippen molar-refractivity contribution in [2.24, 2.45) is 5.73 Å². The van der Waals surface area contributed by atoms with Crippen LogP contribution in [0.3, 0.4) is 0 Å². The molecule has 0 aliphatic carbocycles. The molecule has 0 spiro atoms. The molecule has 16 heavy (non-hydrogen) atoms. The molecule has 0 fully saturated rings. The fraction of sp³-hybridized carbons (Fsp3) is 0.909. The molecule has 96 valence electrons. The highest BCUT2D eigenvalue weighted by atomic mass is 28.4. The Hall–Kier alpha value is -0.393. The molecule has 0 bridgehead atoms. The molecule has 5 heteroatoms. The number of hydrogen-bond acceptors (Lipinski definition) is 3. The number of hydrogen-bond donors (Lipinski definition) is 1. The molecule has 0 heterocycles. The number of amides is 1. The van der Waals surface area contributed by atoms with Crippen LogP contribution in [-0.4, -0.2) is 45.9 Å². The summed E-state index contributed by atoms with van der Waals surface area (Å²) in [4.78, 5) is 12.8. The van der Waals surface area contributed by atoms with E-state index in [2.05, 4.69) is 33.9 Å². The minimum atomic E-state index is -1.69. The van der Waals surface area contributed by atoms with Crippen LogP contribution in [0.4, 0.5) is 0 Å². The predicted octanol–water partition coefficient (Wildman–Crippen LogP) is 1.43. The van der Waals surface area contributed by atoms with Gasteiger partial charge in [0.15, 0.2) is 8.32 Å². The maximum Gasteiger partial charge on any atom is 0.236 e. The third-order valence-corrected chi connectivity index (χ3v) is 7.83. The van der Waals surface area contributed by atoms with Crippen molar-refractivity contribution >= 4 is 14.2 Å². The van der Waals surface area contributed by atoms with Crippen molar-refractivity contribution in [3.63, 3.8) is 0 Å². The van der Waals surface area contributed by atoms with Crippen LogP contribution in [0.25, 0.3) is 0 Å². The van der Waals surface area contributed by atoms with E-state index in [1.807, 2.05) is 0 Å². The highest BCUT2D eigenvalue weighted by Gasteiger charge is 2.36. The molecule has 0 rings (SSSR count). The summed E-state index contributed by atoms with van der Waals surface area (Å²) in [5.74, 6) is -0.0427. The Bertz CT molecular complexity index is 237. The topological polar surface area (TPSA) is 55.6 Å². The first-order chi connectivity index (χ1) is 7.12. The standard InChI is InChI=1S/C11H26N2O2Si/c1-11(2,3)16(5,6)15-8-7-13(4)10(14)9-12/h7-9,12H2,1-6H3. The van der Waals surface area contributed by atoms with Gasteiger partial charge in [-0.2, -0.15) is 0 Å². The summed E-state index contributed by atoms with van der Waals surface area (Å²) in [5, 5.41) is 0.212. The van der Waals surface area contributed by atoms with Gasteiger partial charge in [-0.3, -0.25) is 4.79 Å². The van der Waals surface area contributed by atoms with Gasteiger partial charge in [0, 0.05) is 13.6 Å². The van der Waals surface area contributed by atoms with Gasteiger partial charge in [0.1, 0.15) is 0 Å². The van der Waals surface area contributed by atoms with Gasteiger partial charge < -0.3 is 15.1 Å². The van der Waals surface area contributed by atoms with Gasteiger partial charge in [0.05, 0.1) is 13.2 Å². The lowest BCUT2D eigenvalue weighted by molar-refractivity contribution is -0.128. The Morgan fingerprint density at radius 1 is 1.38 bits per heavy atom. The van der Waals surface area contributed by atoms with Crippen LogP contribution in [0.15, 0.2) is 0 Å². The summed E-state index contributed by atoms with van der Waals surface area (Å²) in [6.07, 6.45) is 0. The molecule has 0 aromatic rings. The second kappa shape index (κ2) is 5.79. The smallest absolute Gasteiger partial charge is 0.236 e. The summed E-state index contributed by atoms with van der Waals surface area (Å²) in [5.41, 5.74) is 5.28. The summed E-state index contributed by atoms with van der Waals surface area (Å²) in [6, 6.07) is 0. The van der Waals surface area contributed by atoms with Gasteiger partial charge in [0.25, 0.3) is 0 Å². The molecular weight excluding hydrogens is 220 g/mol. The Kier molecular flexibility index (Phi) is 5.65. The average Bonchev–Trinajstić information content (AvgIpc) is 2.14. The van der Waals surface area contributed by atoms with Crippen LogP contribution in [0, 0.1) is 0 Å². The largest absolute Gasteiger partial charge is 0.415 e. The fourth-order valence-electron chi connectivity index (χ4n) is 0.935. The Labute approximate surface area is 100 Å². The molecule has 2 N–H and O–H groups in total. The van der Waals surface area contributed by atoms with Gasteiger partial charge in [0.2, 0.25) is 5.91 Å². The molecule has 0 aromatic carbocycles. The minimum Gasteiger partial charge on any atom is -0.415 e. The van der Waals surface area contributed by atoms with Gasteiger partial charge >= 0.3 is 0 Å². The van der Waals surface area contributed by atoms with Crippen LogP contribution in [-0.2, 0) is 9.22 Å². The van der Waals surface area contributed by atoms with Gasteiger partial charge in [-0.05, 0) is 18.1 Å². The first kappa shape index (κ1) is 15.6. The lowest BCUT2D eigenvalue weighted by Gasteiger charge is -2.36. The Morgan fingerprint density at radius 3 is 2.25 bits per heavy atom. The number of nitrogens with zero attached hydrogens (tertiary/aromatic N) is 1. The molecule has 0 aromatic heterocycles. The zero-order valence-electron chi connectivity index (χ0n) is 11.5. The molecule has 0 saturated carbocycles. The lowest BCUT2D eigenvalue weighted by Crippen LogP contribution is -2.43. The van der Waals surface area contributed by atoms with E-state index in [1.54, 1.807) is 11.9 Å². The van der Waals surface area contributed by atoms with Crippen molar-refractivity contribution in [2.75, 3.05) is 26.7 Å². The fourth-order valence-corrected chi connectivity index (χ4v) is 1.97. The average molecular weight is 246 g/mol. The van der Waals surface area contributed by atoms with Gasteiger partial charge in [-0.1, -0.05) is 20.8 Å². The number of rotatable bonds is 5. The summed E-state index contributed by atoms with van der Waals surface area (Å²) >= 11 is 0. The lowest BCUT2D eigenvalue weighted by atomic mass is 10.2. The first-order valence-electron chi connectivity index (χ1n) is 5.70. The molecule has 0 unspecified atom stereocenters. The van der Waals surface area contributed by atoms with E-state index in [1.165, 1.54) is 0 Å². The summed E-state index contributed by atoms with van der Waals surface area (Å²) in [6.45, 7) is 12.3. The minimum absolute atomic E-state index is 0.0427. The van der Waals surface area contributed by atoms with Crippen molar-refractivity contribution < 1.29 is 9.22 Å².